The van der Waals surface area contributed by atoms with Crippen LogP contribution in [-0.2, 0) is 17.8 Å². The Bertz CT molecular complexity index is 620. The molecule has 0 radical (unpaired) electrons. The van der Waals surface area contributed by atoms with Crippen molar-refractivity contribution in [3.05, 3.63) is 51.7 Å². The number of para-hydroxylation sites is 1. The van der Waals surface area contributed by atoms with Crippen molar-refractivity contribution in [2.24, 2.45) is 0 Å². The largest absolute Gasteiger partial charge is 0.324 e. The van der Waals surface area contributed by atoms with Gasteiger partial charge in [0.25, 0.3) is 0 Å². The number of thiophene rings is 1. The Hall–Kier alpha value is -1.65. The van der Waals surface area contributed by atoms with E-state index in [-0.39, 0.29) is 11.9 Å². The lowest BCUT2D eigenvalue weighted by Gasteiger charge is -2.14. The Balaban J connectivity index is 1.65. The van der Waals surface area contributed by atoms with E-state index in [1.807, 2.05) is 18.2 Å². The topological polar surface area (TPSA) is 41.1 Å². The first-order valence-corrected chi connectivity index (χ1v) is 7.71. The van der Waals surface area contributed by atoms with Gasteiger partial charge >= 0.3 is 0 Å². The molecule has 0 bridgehead atoms. The zero-order valence-electron chi connectivity index (χ0n) is 11.5. The first-order valence-electron chi connectivity index (χ1n) is 6.90. The predicted molar refractivity (Wildman–Crippen MR) is 83.1 cm³/mol. The minimum Gasteiger partial charge on any atom is -0.324 e. The van der Waals surface area contributed by atoms with E-state index in [0.29, 0.717) is 0 Å². The molecule has 1 atom stereocenters. The zero-order valence-corrected chi connectivity index (χ0v) is 12.3. The summed E-state index contributed by atoms with van der Waals surface area (Å²) in [6.45, 7) is 2.86. The fraction of sp³-hybridized carbons (Fsp3) is 0.312. The Morgan fingerprint density at radius 2 is 2.15 bits per heavy atom. The second-order valence-corrected chi connectivity index (χ2v) is 6.50. The van der Waals surface area contributed by atoms with Gasteiger partial charge in [-0.1, -0.05) is 18.2 Å². The summed E-state index contributed by atoms with van der Waals surface area (Å²) >= 11 is 1.78. The van der Waals surface area contributed by atoms with E-state index in [9.17, 15) is 4.79 Å². The third-order valence-electron chi connectivity index (χ3n) is 3.61. The third kappa shape index (κ3) is 2.92. The maximum Gasteiger partial charge on any atom is 0.241 e. The minimum absolute atomic E-state index is 0.0724. The number of carbonyl (C=O) groups excluding carboxylic acids is 1. The molecule has 20 heavy (non-hydrogen) atoms. The van der Waals surface area contributed by atoms with Crippen LogP contribution in [0.2, 0.25) is 0 Å². The molecule has 2 aromatic rings. The molecule has 3 rings (SSSR count). The van der Waals surface area contributed by atoms with E-state index in [1.54, 1.807) is 11.3 Å². The Morgan fingerprint density at radius 3 is 2.95 bits per heavy atom. The maximum absolute atomic E-state index is 12.2. The van der Waals surface area contributed by atoms with Crippen LogP contribution in [0.25, 0.3) is 0 Å². The molecule has 0 saturated carbocycles. The highest BCUT2D eigenvalue weighted by molar-refractivity contribution is 7.11. The van der Waals surface area contributed by atoms with Crippen LogP contribution in [0.15, 0.2) is 36.4 Å². The van der Waals surface area contributed by atoms with Gasteiger partial charge < -0.3 is 10.6 Å². The van der Waals surface area contributed by atoms with Crippen LogP contribution in [0, 0.1) is 6.92 Å². The fourth-order valence-corrected chi connectivity index (χ4v) is 3.35. The summed E-state index contributed by atoms with van der Waals surface area (Å²) in [5.74, 6) is 0.0724. The predicted octanol–water partition coefficient (Wildman–Crippen LogP) is 3.10. The van der Waals surface area contributed by atoms with Gasteiger partial charge in [-0.15, -0.1) is 11.3 Å². The van der Waals surface area contributed by atoms with Gasteiger partial charge in [-0.2, -0.15) is 0 Å². The smallest absolute Gasteiger partial charge is 0.241 e. The SMILES string of the molecule is Cc1ccc(CNC2CCc3ccccc3NC2=O)s1. The van der Waals surface area contributed by atoms with Gasteiger partial charge in [0.05, 0.1) is 6.04 Å². The highest BCUT2D eigenvalue weighted by Gasteiger charge is 2.22. The lowest BCUT2D eigenvalue weighted by Crippen LogP contribution is -2.39. The molecule has 2 N–H and O–H groups in total. The van der Waals surface area contributed by atoms with Crippen LogP contribution in [0.3, 0.4) is 0 Å². The monoisotopic (exact) mass is 286 g/mol. The van der Waals surface area contributed by atoms with Crippen LogP contribution in [-0.4, -0.2) is 11.9 Å². The van der Waals surface area contributed by atoms with Gasteiger partial charge in [-0.3, -0.25) is 4.79 Å². The second kappa shape index (κ2) is 5.77. The van der Waals surface area contributed by atoms with E-state index in [4.69, 9.17) is 0 Å². The summed E-state index contributed by atoms with van der Waals surface area (Å²) < 4.78 is 0. The number of aryl methyl sites for hydroxylation is 2. The number of rotatable bonds is 3. The Morgan fingerprint density at radius 1 is 1.30 bits per heavy atom. The molecule has 0 spiro atoms. The van der Waals surface area contributed by atoms with Crippen LogP contribution < -0.4 is 10.6 Å². The molecule has 0 aliphatic carbocycles. The van der Waals surface area contributed by atoms with E-state index >= 15 is 0 Å². The summed E-state index contributed by atoms with van der Waals surface area (Å²) in [6.07, 6.45) is 1.77. The number of anilines is 1. The number of hydrogen-bond acceptors (Lipinski definition) is 3. The average Bonchev–Trinajstić information content (AvgIpc) is 2.78. The molecule has 1 aromatic carbocycles. The average molecular weight is 286 g/mol. The Labute approximate surface area is 123 Å². The number of hydrogen-bond donors (Lipinski definition) is 2. The molecule has 2 heterocycles. The number of fused-ring (bicyclic) bond motifs is 1. The molecule has 1 aliphatic rings. The van der Waals surface area contributed by atoms with Crippen LogP contribution in [0.4, 0.5) is 5.69 Å². The zero-order chi connectivity index (χ0) is 13.9. The van der Waals surface area contributed by atoms with Gasteiger partial charge in [-0.25, -0.2) is 0 Å². The summed E-state index contributed by atoms with van der Waals surface area (Å²) in [5, 5.41) is 6.39. The van der Waals surface area contributed by atoms with E-state index in [1.165, 1.54) is 15.3 Å². The van der Waals surface area contributed by atoms with Crippen LogP contribution in [0.5, 0.6) is 0 Å². The van der Waals surface area contributed by atoms with Crippen molar-refractivity contribution >= 4 is 22.9 Å². The van der Waals surface area contributed by atoms with Crippen molar-refractivity contribution in [3.8, 4) is 0 Å². The van der Waals surface area contributed by atoms with Gasteiger partial charge in [0, 0.05) is 22.0 Å². The lowest BCUT2D eigenvalue weighted by molar-refractivity contribution is -0.118. The Kier molecular flexibility index (Phi) is 3.85. The number of carbonyl (C=O) groups is 1. The molecule has 3 nitrogen and oxygen atoms in total. The van der Waals surface area contributed by atoms with Gasteiger partial charge in [0.1, 0.15) is 0 Å². The molecular formula is C16H18N2OS. The number of benzene rings is 1. The number of nitrogens with one attached hydrogen (secondary N) is 2. The first kappa shape index (κ1) is 13.3. The van der Waals surface area contributed by atoms with Gasteiger partial charge in [0.2, 0.25) is 5.91 Å². The molecule has 104 valence electrons. The fourth-order valence-electron chi connectivity index (χ4n) is 2.51. The normalized spacial score (nSPS) is 18.2. The molecule has 0 fully saturated rings. The van der Waals surface area contributed by atoms with E-state index in [0.717, 1.165) is 25.1 Å². The van der Waals surface area contributed by atoms with E-state index < -0.39 is 0 Å². The molecule has 4 heteroatoms. The molecule has 1 amide bonds. The summed E-state index contributed by atoms with van der Waals surface area (Å²) in [5.41, 5.74) is 2.17. The third-order valence-corrected chi connectivity index (χ3v) is 4.61. The van der Waals surface area contributed by atoms with Crippen molar-refractivity contribution in [1.82, 2.24) is 5.32 Å². The standard InChI is InChI=1S/C16H18N2OS/c1-11-6-8-13(20-11)10-17-15-9-7-12-4-2-3-5-14(12)18-16(15)19/h2-6,8,15,17H,7,9-10H2,1H3,(H,18,19). The van der Waals surface area contributed by atoms with E-state index in [2.05, 4.69) is 35.8 Å². The van der Waals surface area contributed by atoms with Gasteiger partial charge in [-0.05, 0) is 43.5 Å². The molecule has 1 unspecified atom stereocenters. The lowest BCUT2D eigenvalue weighted by atomic mass is 10.1. The maximum atomic E-state index is 12.2. The van der Waals surface area contributed by atoms with Gasteiger partial charge in [0.15, 0.2) is 0 Å². The quantitative estimate of drug-likeness (QED) is 0.910. The van der Waals surface area contributed by atoms with Crippen LogP contribution >= 0.6 is 11.3 Å². The highest BCUT2D eigenvalue weighted by Crippen LogP contribution is 2.22. The highest BCUT2D eigenvalue weighted by atomic mass is 32.1. The van der Waals surface area contributed by atoms with Crippen molar-refractivity contribution in [2.45, 2.75) is 32.4 Å². The number of amides is 1. The molecular weight excluding hydrogens is 268 g/mol. The van der Waals surface area contributed by atoms with Crippen molar-refractivity contribution < 1.29 is 4.79 Å². The van der Waals surface area contributed by atoms with Crippen LogP contribution in [0.1, 0.15) is 21.7 Å². The summed E-state index contributed by atoms with van der Waals surface area (Å²) in [4.78, 5) is 14.8. The molecule has 1 aliphatic heterocycles. The summed E-state index contributed by atoms with van der Waals surface area (Å²) in [7, 11) is 0. The molecule has 1 aromatic heterocycles. The summed E-state index contributed by atoms with van der Waals surface area (Å²) in [6, 6.07) is 12.2. The van der Waals surface area contributed by atoms with Crippen molar-refractivity contribution in [3.63, 3.8) is 0 Å². The van der Waals surface area contributed by atoms with Crippen molar-refractivity contribution in [1.29, 1.82) is 0 Å². The second-order valence-electron chi connectivity index (χ2n) is 5.13. The first-order chi connectivity index (χ1) is 9.72. The minimum atomic E-state index is -0.121. The van der Waals surface area contributed by atoms with Crippen molar-refractivity contribution in [2.75, 3.05) is 5.32 Å². The molecule has 0 saturated heterocycles.